The number of H-pyrrole nitrogens is 1. The molecule has 0 fully saturated rings. The van der Waals surface area contributed by atoms with Crippen molar-refractivity contribution in [1.29, 1.82) is 0 Å². The van der Waals surface area contributed by atoms with Crippen molar-refractivity contribution in [3.63, 3.8) is 0 Å². The van der Waals surface area contributed by atoms with Crippen molar-refractivity contribution in [1.82, 2.24) is 9.78 Å². The van der Waals surface area contributed by atoms with Crippen molar-refractivity contribution in [3.05, 3.63) is 57.5 Å². The third-order valence-electron chi connectivity index (χ3n) is 2.63. The average Bonchev–Trinajstić information content (AvgIpc) is 2.64. The van der Waals surface area contributed by atoms with Crippen molar-refractivity contribution in [2.45, 2.75) is 19.9 Å². The largest absolute Gasteiger partial charge is 0.294 e. The summed E-state index contributed by atoms with van der Waals surface area (Å²) in [6.45, 7) is 2.19. The Kier molecular flexibility index (Phi) is 3.08. The molecule has 17 heavy (non-hydrogen) atoms. The molecular formula is C12H12F2N2O. The van der Waals surface area contributed by atoms with Gasteiger partial charge in [-0.2, -0.15) is 0 Å². The molecule has 0 amide bonds. The predicted molar refractivity (Wildman–Crippen MR) is 60.3 cm³/mol. The van der Waals surface area contributed by atoms with Gasteiger partial charge in [0.1, 0.15) is 5.69 Å². The highest BCUT2D eigenvalue weighted by molar-refractivity contribution is 5.25. The number of aryl methyl sites for hydroxylation is 1. The minimum atomic E-state index is -2.65. The number of aromatic amines is 1. The first-order chi connectivity index (χ1) is 8.08. The Balaban J connectivity index is 2.31. The number of nitrogens with zero attached hydrogens (tertiary/aromatic N) is 1. The summed E-state index contributed by atoms with van der Waals surface area (Å²) in [7, 11) is 0. The molecule has 0 unspecified atom stereocenters. The number of alkyl halides is 2. The number of rotatable bonds is 3. The van der Waals surface area contributed by atoms with Crippen LogP contribution in [0, 0.1) is 6.92 Å². The fraction of sp³-hybridized carbons (Fsp3) is 0.250. The maximum absolute atomic E-state index is 12.4. The summed E-state index contributed by atoms with van der Waals surface area (Å²) < 4.78 is 26.0. The number of nitrogens with one attached hydrogen (secondary N) is 1. The molecule has 90 valence electrons. The first-order valence-electron chi connectivity index (χ1n) is 5.20. The fourth-order valence-electron chi connectivity index (χ4n) is 1.64. The predicted octanol–water partition coefficient (Wildman–Crippen LogP) is 2.47. The molecule has 0 aliphatic carbocycles. The van der Waals surface area contributed by atoms with Crippen molar-refractivity contribution < 1.29 is 8.78 Å². The lowest BCUT2D eigenvalue weighted by Crippen LogP contribution is -2.17. The third kappa shape index (κ3) is 2.43. The summed E-state index contributed by atoms with van der Waals surface area (Å²) in [6.07, 6.45) is -2.65. The molecule has 0 saturated heterocycles. The highest BCUT2D eigenvalue weighted by Gasteiger charge is 2.12. The Labute approximate surface area is 96.7 Å². The molecule has 3 nitrogen and oxygen atoms in total. The molecule has 0 bridgehead atoms. The topological polar surface area (TPSA) is 37.8 Å². The van der Waals surface area contributed by atoms with Crippen LogP contribution >= 0.6 is 0 Å². The molecule has 5 heteroatoms. The van der Waals surface area contributed by atoms with Gasteiger partial charge >= 0.3 is 0 Å². The Morgan fingerprint density at radius 1 is 1.35 bits per heavy atom. The lowest BCUT2D eigenvalue weighted by atomic mass is 10.1. The molecule has 1 N–H and O–H groups in total. The van der Waals surface area contributed by atoms with Gasteiger partial charge in [-0.05, 0) is 18.1 Å². The quantitative estimate of drug-likeness (QED) is 0.876. The smallest absolute Gasteiger partial charge is 0.279 e. The third-order valence-corrected chi connectivity index (χ3v) is 2.63. The SMILES string of the molecule is Cc1ccccc1Cn1[nH]c(C(F)F)cc1=O. The van der Waals surface area contributed by atoms with Crippen molar-refractivity contribution in [2.24, 2.45) is 0 Å². The fourth-order valence-corrected chi connectivity index (χ4v) is 1.64. The van der Waals surface area contributed by atoms with Crippen LogP contribution in [-0.2, 0) is 6.54 Å². The van der Waals surface area contributed by atoms with Crippen LogP contribution in [-0.4, -0.2) is 9.78 Å². The van der Waals surface area contributed by atoms with Gasteiger partial charge in [-0.3, -0.25) is 9.89 Å². The summed E-state index contributed by atoms with van der Waals surface area (Å²) >= 11 is 0. The molecule has 2 rings (SSSR count). The van der Waals surface area contributed by atoms with Crippen LogP contribution in [0.25, 0.3) is 0 Å². The van der Waals surface area contributed by atoms with E-state index in [1.165, 1.54) is 4.68 Å². The molecule has 1 aromatic carbocycles. The number of halogens is 2. The van der Waals surface area contributed by atoms with E-state index in [4.69, 9.17) is 0 Å². The zero-order chi connectivity index (χ0) is 12.4. The van der Waals surface area contributed by atoms with Crippen LogP contribution in [0.4, 0.5) is 8.78 Å². The number of aromatic nitrogens is 2. The molecule has 0 saturated carbocycles. The van der Waals surface area contributed by atoms with Gasteiger partial charge in [-0.15, -0.1) is 0 Å². The number of hydrogen-bond donors (Lipinski definition) is 1. The molecular weight excluding hydrogens is 226 g/mol. The molecule has 1 heterocycles. The van der Waals surface area contributed by atoms with Crippen LogP contribution in [0.1, 0.15) is 23.2 Å². The molecule has 0 aliphatic rings. The minimum Gasteiger partial charge on any atom is -0.294 e. The Bertz CT molecular complexity index is 572. The molecule has 1 aromatic heterocycles. The van der Waals surface area contributed by atoms with Crippen molar-refractivity contribution >= 4 is 0 Å². The Morgan fingerprint density at radius 3 is 2.65 bits per heavy atom. The molecule has 0 aliphatic heterocycles. The zero-order valence-corrected chi connectivity index (χ0v) is 9.28. The van der Waals surface area contributed by atoms with E-state index in [0.29, 0.717) is 0 Å². The maximum Gasteiger partial charge on any atom is 0.279 e. The van der Waals surface area contributed by atoms with Gasteiger partial charge in [0.25, 0.3) is 12.0 Å². The second kappa shape index (κ2) is 4.53. The summed E-state index contributed by atoms with van der Waals surface area (Å²) in [5, 5.41) is 2.41. The van der Waals surface area contributed by atoms with E-state index in [1.807, 2.05) is 31.2 Å². The van der Waals surface area contributed by atoms with Gasteiger partial charge in [-0.1, -0.05) is 24.3 Å². The summed E-state index contributed by atoms with van der Waals surface area (Å²) in [4.78, 5) is 11.5. The second-order valence-electron chi connectivity index (χ2n) is 3.86. The number of hydrogen-bond acceptors (Lipinski definition) is 1. The van der Waals surface area contributed by atoms with Crippen LogP contribution in [0.3, 0.4) is 0 Å². The van der Waals surface area contributed by atoms with Gasteiger partial charge in [0.2, 0.25) is 0 Å². The highest BCUT2D eigenvalue weighted by atomic mass is 19.3. The first-order valence-corrected chi connectivity index (χ1v) is 5.20. The van der Waals surface area contributed by atoms with E-state index in [2.05, 4.69) is 5.10 Å². The standard InChI is InChI=1S/C12H12F2N2O/c1-8-4-2-3-5-9(8)7-16-11(17)6-10(15-16)12(13)14/h2-6,12,15H,7H2,1H3. The van der Waals surface area contributed by atoms with Crippen molar-refractivity contribution in [2.75, 3.05) is 0 Å². The Hall–Kier alpha value is -1.91. The van der Waals surface area contributed by atoms with Crippen LogP contribution in [0.15, 0.2) is 35.1 Å². The lowest BCUT2D eigenvalue weighted by molar-refractivity contribution is 0.145. The van der Waals surface area contributed by atoms with E-state index in [1.54, 1.807) is 0 Å². The van der Waals surface area contributed by atoms with Crippen LogP contribution < -0.4 is 5.56 Å². The first kappa shape index (κ1) is 11.6. The highest BCUT2D eigenvalue weighted by Crippen LogP contribution is 2.14. The molecule has 0 radical (unpaired) electrons. The minimum absolute atomic E-state index is 0.276. The van der Waals surface area contributed by atoms with Gasteiger partial charge in [0.05, 0.1) is 6.54 Å². The van der Waals surface area contributed by atoms with Crippen LogP contribution in [0.5, 0.6) is 0 Å². The van der Waals surface area contributed by atoms with Crippen molar-refractivity contribution in [3.8, 4) is 0 Å². The average molecular weight is 238 g/mol. The summed E-state index contributed by atoms with van der Waals surface area (Å²) in [5.41, 5.74) is 1.16. The van der Waals surface area contributed by atoms with E-state index in [9.17, 15) is 13.6 Å². The Morgan fingerprint density at radius 2 is 2.06 bits per heavy atom. The monoisotopic (exact) mass is 238 g/mol. The van der Waals surface area contributed by atoms with Gasteiger partial charge in [-0.25, -0.2) is 13.5 Å². The van der Waals surface area contributed by atoms with E-state index in [-0.39, 0.29) is 12.2 Å². The molecule has 0 atom stereocenters. The van der Waals surface area contributed by atoms with Gasteiger partial charge in [0.15, 0.2) is 0 Å². The van der Waals surface area contributed by atoms with Gasteiger partial charge < -0.3 is 0 Å². The van der Waals surface area contributed by atoms with Crippen LogP contribution in [0.2, 0.25) is 0 Å². The second-order valence-corrected chi connectivity index (χ2v) is 3.86. The molecule has 0 spiro atoms. The normalized spacial score (nSPS) is 11.1. The number of benzene rings is 1. The molecule has 2 aromatic rings. The zero-order valence-electron chi connectivity index (χ0n) is 9.28. The lowest BCUT2D eigenvalue weighted by Gasteiger charge is -2.05. The van der Waals surface area contributed by atoms with E-state index < -0.39 is 12.0 Å². The summed E-state index contributed by atoms with van der Waals surface area (Å²) in [5.74, 6) is 0. The maximum atomic E-state index is 12.4. The van der Waals surface area contributed by atoms with E-state index in [0.717, 1.165) is 17.2 Å². The summed E-state index contributed by atoms with van der Waals surface area (Å²) in [6, 6.07) is 8.45. The van der Waals surface area contributed by atoms with E-state index >= 15 is 0 Å². The van der Waals surface area contributed by atoms with Gasteiger partial charge in [0, 0.05) is 6.07 Å².